The van der Waals surface area contributed by atoms with Crippen molar-refractivity contribution in [2.24, 2.45) is 0 Å². The summed E-state index contributed by atoms with van der Waals surface area (Å²) in [5, 5.41) is 6.92. The number of aromatic nitrogens is 1. The van der Waals surface area contributed by atoms with Gasteiger partial charge in [-0.15, -0.1) is 0 Å². The Morgan fingerprint density at radius 3 is 2.50 bits per heavy atom. The first-order chi connectivity index (χ1) is 12.7. The second-order valence-electron chi connectivity index (χ2n) is 5.88. The lowest BCUT2D eigenvalue weighted by Crippen LogP contribution is -2.14. The van der Waals surface area contributed by atoms with E-state index in [1.165, 1.54) is 0 Å². The molecule has 0 aliphatic rings. The molecule has 0 unspecified atom stereocenters. The Balaban J connectivity index is 1.61. The van der Waals surface area contributed by atoms with E-state index < -0.39 is 0 Å². The van der Waals surface area contributed by atoms with Crippen LogP contribution < -0.4 is 10.6 Å². The van der Waals surface area contributed by atoms with Gasteiger partial charge in [0.05, 0.1) is 11.9 Å². The molecule has 0 bridgehead atoms. The van der Waals surface area contributed by atoms with Crippen molar-refractivity contribution in [1.29, 1.82) is 0 Å². The number of hydrogen-bond donors (Lipinski definition) is 2. The minimum Gasteiger partial charge on any atom is -0.380 e. The van der Waals surface area contributed by atoms with Crippen LogP contribution in [0.2, 0.25) is 5.02 Å². The average Bonchev–Trinajstić information content (AvgIpc) is 2.68. The summed E-state index contributed by atoms with van der Waals surface area (Å²) in [5.41, 5.74) is 4.28. The van der Waals surface area contributed by atoms with E-state index in [1.807, 2.05) is 54.6 Å². The molecule has 0 saturated heterocycles. The molecule has 3 rings (SSSR count). The summed E-state index contributed by atoms with van der Waals surface area (Å²) >= 11 is 5.88. The largest absolute Gasteiger partial charge is 0.380 e. The number of halogens is 1. The van der Waals surface area contributed by atoms with Crippen LogP contribution in [0.5, 0.6) is 0 Å². The van der Waals surface area contributed by atoms with Crippen LogP contribution in [0, 0.1) is 0 Å². The Hall–Kier alpha value is -2.85. The van der Waals surface area contributed by atoms with Gasteiger partial charge in [0.1, 0.15) is 5.69 Å². The molecule has 26 heavy (non-hydrogen) atoms. The van der Waals surface area contributed by atoms with E-state index in [-0.39, 0.29) is 5.91 Å². The summed E-state index contributed by atoms with van der Waals surface area (Å²) in [6.07, 6.45) is 2.52. The Morgan fingerprint density at radius 2 is 1.81 bits per heavy atom. The maximum atomic E-state index is 12.4. The highest BCUT2D eigenvalue weighted by atomic mass is 35.5. The number of hydrogen-bond acceptors (Lipinski definition) is 3. The summed E-state index contributed by atoms with van der Waals surface area (Å²) in [4.78, 5) is 16.7. The fourth-order valence-electron chi connectivity index (χ4n) is 2.58. The number of para-hydroxylation sites is 1. The van der Waals surface area contributed by atoms with Crippen LogP contribution in [0.1, 0.15) is 28.5 Å². The molecule has 0 fully saturated rings. The third kappa shape index (κ3) is 4.61. The quantitative estimate of drug-likeness (QED) is 0.634. The Bertz CT molecular complexity index is 877. The molecule has 2 N–H and O–H groups in total. The SMILES string of the molecule is CCc1ccccc1NC(=O)c1ccc(NCc2ccc(Cl)cc2)cn1. The molecular formula is C21H20ClN3O. The first kappa shape index (κ1) is 18.0. The maximum absolute atomic E-state index is 12.4. The normalized spacial score (nSPS) is 10.4. The fraction of sp³-hybridized carbons (Fsp3) is 0.143. The van der Waals surface area contributed by atoms with Gasteiger partial charge >= 0.3 is 0 Å². The molecule has 3 aromatic rings. The van der Waals surface area contributed by atoms with E-state index in [0.717, 1.165) is 33.9 Å². The zero-order valence-corrected chi connectivity index (χ0v) is 15.3. The zero-order chi connectivity index (χ0) is 18.4. The third-order valence-electron chi connectivity index (χ3n) is 4.05. The molecule has 1 heterocycles. The molecule has 1 aromatic heterocycles. The first-order valence-electron chi connectivity index (χ1n) is 8.49. The van der Waals surface area contributed by atoms with Gasteiger partial charge in [0.25, 0.3) is 5.91 Å². The average molecular weight is 366 g/mol. The number of amides is 1. The van der Waals surface area contributed by atoms with Crippen molar-refractivity contribution >= 4 is 28.9 Å². The van der Waals surface area contributed by atoms with E-state index >= 15 is 0 Å². The molecule has 4 nitrogen and oxygen atoms in total. The second-order valence-corrected chi connectivity index (χ2v) is 6.31. The number of pyridine rings is 1. The predicted molar refractivity (Wildman–Crippen MR) is 107 cm³/mol. The minimum absolute atomic E-state index is 0.213. The van der Waals surface area contributed by atoms with Crippen molar-refractivity contribution in [3.63, 3.8) is 0 Å². The van der Waals surface area contributed by atoms with Crippen molar-refractivity contribution in [2.75, 3.05) is 10.6 Å². The van der Waals surface area contributed by atoms with E-state index in [4.69, 9.17) is 11.6 Å². The molecule has 0 saturated carbocycles. The standard InChI is InChI=1S/C21H20ClN3O/c1-2-16-5-3-4-6-19(16)25-21(26)20-12-11-18(14-24-20)23-13-15-7-9-17(22)10-8-15/h3-12,14,23H,2,13H2,1H3,(H,25,26). The summed E-state index contributed by atoms with van der Waals surface area (Å²) < 4.78 is 0. The van der Waals surface area contributed by atoms with Crippen LogP contribution in [0.4, 0.5) is 11.4 Å². The molecule has 0 atom stereocenters. The van der Waals surface area contributed by atoms with Crippen molar-refractivity contribution in [2.45, 2.75) is 19.9 Å². The number of nitrogens with zero attached hydrogens (tertiary/aromatic N) is 1. The summed E-state index contributed by atoms with van der Waals surface area (Å²) in [5.74, 6) is -0.213. The van der Waals surface area contributed by atoms with Crippen LogP contribution >= 0.6 is 11.6 Å². The van der Waals surface area contributed by atoms with Crippen molar-refractivity contribution in [1.82, 2.24) is 4.98 Å². The van der Waals surface area contributed by atoms with Crippen LogP contribution in [-0.2, 0) is 13.0 Å². The monoisotopic (exact) mass is 365 g/mol. The Labute approximate surface area is 158 Å². The smallest absolute Gasteiger partial charge is 0.274 e. The first-order valence-corrected chi connectivity index (χ1v) is 8.87. The van der Waals surface area contributed by atoms with Gasteiger partial charge in [-0.05, 0) is 47.9 Å². The van der Waals surface area contributed by atoms with Gasteiger partial charge in [0.15, 0.2) is 0 Å². The molecule has 0 aliphatic carbocycles. The minimum atomic E-state index is -0.213. The molecule has 5 heteroatoms. The zero-order valence-electron chi connectivity index (χ0n) is 14.5. The third-order valence-corrected chi connectivity index (χ3v) is 4.30. The van der Waals surface area contributed by atoms with Crippen LogP contribution in [0.3, 0.4) is 0 Å². The fourth-order valence-corrected chi connectivity index (χ4v) is 2.70. The lowest BCUT2D eigenvalue weighted by Gasteiger charge is -2.10. The van der Waals surface area contributed by atoms with Gasteiger partial charge in [0, 0.05) is 17.3 Å². The van der Waals surface area contributed by atoms with E-state index in [2.05, 4.69) is 22.5 Å². The number of nitrogens with one attached hydrogen (secondary N) is 2. The molecule has 132 valence electrons. The Morgan fingerprint density at radius 1 is 1.04 bits per heavy atom. The van der Waals surface area contributed by atoms with E-state index in [9.17, 15) is 4.79 Å². The topological polar surface area (TPSA) is 54.0 Å². The highest BCUT2D eigenvalue weighted by molar-refractivity contribution is 6.30. The van der Waals surface area contributed by atoms with E-state index in [1.54, 1.807) is 12.3 Å². The number of benzene rings is 2. The van der Waals surface area contributed by atoms with Crippen LogP contribution in [0.25, 0.3) is 0 Å². The van der Waals surface area contributed by atoms with Gasteiger partial charge in [-0.25, -0.2) is 4.98 Å². The van der Waals surface area contributed by atoms with E-state index in [0.29, 0.717) is 12.2 Å². The number of aryl methyl sites for hydroxylation is 1. The van der Waals surface area contributed by atoms with Crippen molar-refractivity contribution < 1.29 is 4.79 Å². The summed E-state index contributed by atoms with van der Waals surface area (Å²) in [7, 11) is 0. The van der Waals surface area contributed by atoms with Crippen molar-refractivity contribution in [3.8, 4) is 0 Å². The van der Waals surface area contributed by atoms with Crippen molar-refractivity contribution in [3.05, 3.63) is 88.7 Å². The van der Waals surface area contributed by atoms with Gasteiger partial charge in [-0.2, -0.15) is 0 Å². The Kier molecular flexibility index (Phi) is 5.87. The highest BCUT2D eigenvalue weighted by Gasteiger charge is 2.09. The second kappa shape index (κ2) is 8.50. The lowest BCUT2D eigenvalue weighted by molar-refractivity contribution is 0.102. The van der Waals surface area contributed by atoms with Crippen LogP contribution in [-0.4, -0.2) is 10.9 Å². The number of anilines is 2. The highest BCUT2D eigenvalue weighted by Crippen LogP contribution is 2.17. The van der Waals surface area contributed by atoms with Gasteiger partial charge < -0.3 is 10.6 Å². The molecule has 0 radical (unpaired) electrons. The van der Waals surface area contributed by atoms with Gasteiger partial charge in [0.2, 0.25) is 0 Å². The molecular weight excluding hydrogens is 346 g/mol. The number of carbonyl (C=O) groups is 1. The summed E-state index contributed by atoms with van der Waals surface area (Å²) in [6.45, 7) is 2.72. The number of rotatable bonds is 6. The lowest BCUT2D eigenvalue weighted by atomic mass is 10.1. The summed E-state index contributed by atoms with van der Waals surface area (Å²) in [6, 6.07) is 19.0. The molecule has 0 aliphatic heterocycles. The molecule has 1 amide bonds. The predicted octanol–water partition coefficient (Wildman–Crippen LogP) is 5.16. The molecule has 2 aromatic carbocycles. The van der Waals surface area contributed by atoms with Gasteiger partial charge in [-0.1, -0.05) is 48.9 Å². The van der Waals surface area contributed by atoms with Crippen LogP contribution in [0.15, 0.2) is 66.9 Å². The van der Waals surface area contributed by atoms with Gasteiger partial charge in [-0.3, -0.25) is 4.79 Å². The molecule has 0 spiro atoms. The maximum Gasteiger partial charge on any atom is 0.274 e. The number of carbonyl (C=O) groups excluding carboxylic acids is 1.